The van der Waals surface area contributed by atoms with Crippen molar-refractivity contribution in [3.05, 3.63) is 72.5 Å². The van der Waals surface area contributed by atoms with Crippen molar-refractivity contribution in [1.82, 2.24) is 39.7 Å². The van der Waals surface area contributed by atoms with Gasteiger partial charge < -0.3 is 9.55 Å². The monoisotopic (exact) mass is 424 g/mol. The van der Waals surface area contributed by atoms with Crippen LogP contribution in [0, 0.1) is 19.7 Å². The number of nitrogens with one attached hydrogen (secondary N) is 2. The Morgan fingerprint density at radius 2 is 1.91 bits per heavy atom. The predicted octanol–water partition coefficient (Wildman–Crippen LogP) is 4.50. The number of aromatic nitrogens is 8. The predicted molar refractivity (Wildman–Crippen MR) is 119 cm³/mol. The molecule has 0 unspecified atom stereocenters. The number of aromatic amines is 2. The molecular weight excluding hydrogens is 407 g/mol. The van der Waals surface area contributed by atoms with Crippen LogP contribution in [0.1, 0.15) is 11.3 Å². The molecule has 6 rings (SSSR count). The summed E-state index contributed by atoms with van der Waals surface area (Å²) in [4.78, 5) is 20.7. The molecule has 9 heteroatoms. The minimum atomic E-state index is -0.374. The number of aryl methyl sites for hydroxylation is 2. The second-order valence-electron chi connectivity index (χ2n) is 7.65. The maximum absolute atomic E-state index is 15.8. The van der Waals surface area contributed by atoms with Crippen LogP contribution in [0.5, 0.6) is 0 Å². The van der Waals surface area contributed by atoms with Gasteiger partial charge in [0.25, 0.3) is 0 Å². The third kappa shape index (κ3) is 2.71. The van der Waals surface area contributed by atoms with Gasteiger partial charge in [0.05, 0.1) is 28.6 Å². The molecule has 2 N–H and O–H groups in total. The van der Waals surface area contributed by atoms with Crippen LogP contribution in [0.2, 0.25) is 0 Å². The summed E-state index contributed by atoms with van der Waals surface area (Å²) < 4.78 is 17.7. The van der Waals surface area contributed by atoms with E-state index in [1.54, 1.807) is 31.0 Å². The van der Waals surface area contributed by atoms with E-state index in [1.807, 2.05) is 42.8 Å². The first-order valence-electron chi connectivity index (χ1n) is 10.0. The molecule has 32 heavy (non-hydrogen) atoms. The van der Waals surface area contributed by atoms with Crippen LogP contribution in [-0.4, -0.2) is 39.7 Å². The standard InChI is InChI=1S/C23H17FN8/c1-12-5-7-25-9-15(12)14-3-4-16-18(19(14)24)21(31-30-16)23-28-20-17(6-8-26-22(20)29-23)32-10-13(2)27-11-32/h3-11H,1-2H3,(H,30,31)(H,26,28,29). The van der Waals surface area contributed by atoms with Gasteiger partial charge in [0.1, 0.15) is 17.0 Å². The van der Waals surface area contributed by atoms with Gasteiger partial charge in [-0.1, -0.05) is 0 Å². The molecule has 0 spiro atoms. The molecule has 0 fully saturated rings. The van der Waals surface area contributed by atoms with Crippen molar-refractivity contribution in [2.45, 2.75) is 13.8 Å². The van der Waals surface area contributed by atoms with Crippen molar-refractivity contribution >= 4 is 22.1 Å². The van der Waals surface area contributed by atoms with E-state index in [1.165, 1.54) is 0 Å². The van der Waals surface area contributed by atoms with E-state index in [0.717, 1.165) is 28.0 Å². The third-order valence-electron chi connectivity index (χ3n) is 5.58. The summed E-state index contributed by atoms with van der Waals surface area (Å²) in [6.07, 6.45) is 8.70. The highest BCUT2D eigenvalue weighted by Gasteiger charge is 2.21. The van der Waals surface area contributed by atoms with Crippen molar-refractivity contribution in [2.24, 2.45) is 0 Å². The normalized spacial score (nSPS) is 11.6. The maximum Gasteiger partial charge on any atom is 0.180 e. The molecule has 0 radical (unpaired) electrons. The zero-order valence-electron chi connectivity index (χ0n) is 17.3. The Morgan fingerprint density at radius 3 is 2.72 bits per heavy atom. The Morgan fingerprint density at radius 1 is 1.00 bits per heavy atom. The summed E-state index contributed by atoms with van der Waals surface area (Å²) in [5, 5.41) is 7.64. The van der Waals surface area contributed by atoms with Crippen molar-refractivity contribution in [3.8, 4) is 28.3 Å². The van der Waals surface area contributed by atoms with E-state index in [2.05, 4.69) is 35.1 Å². The maximum atomic E-state index is 15.8. The molecule has 0 atom stereocenters. The minimum Gasteiger partial charge on any atom is -0.333 e. The topological polar surface area (TPSA) is 101 Å². The van der Waals surface area contributed by atoms with Crippen molar-refractivity contribution in [2.75, 3.05) is 0 Å². The molecule has 0 amide bonds. The number of hydrogen-bond donors (Lipinski definition) is 2. The number of pyridine rings is 2. The molecule has 0 saturated heterocycles. The van der Waals surface area contributed by atoms with E-state index in [0.29, 0.717) is 33.6 Å². The van der Waals surface area contributed by atoms with Crippen LogP contribution in [0.4, 0.5) is 4.39 Å². The molecule has 0 bridgehead atoms. The van der Waals surface area contributed by atoms with Crippen LogP contribution in [0.3, 0.4) is 0 Å². The highest BCUT2D eigenvalue weighted by molar-refractivity contribution is 5.96. The van der Waals surface area contributed by atoms with Crippen LogP contribution < -0.4 is 0 Å². The number of hydrogen-bond acceptors (Lipinski definition) is 5. The third-order valence-corrected chi connectivity index (χ3v) is 5.58. The van der Waals surface area contributed by atoms with Gasteiger partial charge >= 0.3 is 0 Å². The minimum absolute atomic E-state index is 0.366. The lowest BCUT2D eigenvalue weighted by Crippen LogP contribution is -1.92. The Bertz CT molecular complexity index is 1620. The van der Waals surface area contributed by atoms with Crippen LogP contribution >= 0.6 is 0 Å². The van der Waals surface area contributed by atoms with Crippen LogP contribution in [0.15, 0.2) is 55.4 Å². The van der Waals surface area contributed by atoms with Crippen LogP contribution in [-0.2, 0) is 0 Å². The quantitative estimate of drug-likeness (QED) is 0.435. The smallest absolute Gasteiger partial charge is 0.180 e. The molecule has 0 aliphatic heterocycles. The fourth-order valence-corrected chi connectivity index (χ4v) is 3.98. The zero-order chi connectivity index (χ0) is 21.8. The lowest BCUT2D eigenvalue weighted by Gasteiger charge is -2.07. The lowest BCUT2D eigenvalue weighted by atomic mass is 10.00. The number of H-pyrrole nitrogens is 2. The number of benzene rings is 1. The molecule has 0 saturated carbocycles. The summed E-state index contributed by atoms with van der Waals surface area (Å²) in [5.74, 6) is 0.0585. The van der Waals surface area contributed by atoms with Crippen molar-refractivity contribution < 1.29 is 4.39 Å². The van der Waals surface area contributed by atoms with Gasteiger partial charge in [-0.05, 0) is 43.7 Å². The first-order valence-corrected chi connectivity index (χ1v) is 10.0. The van der Waals surface area contributed by atoms with E-state index in [9.17, 15) is 0 Å². The van der Waals surface area contributed by atoms with Gasteiger partial charge in [0.15, 0.2) is 11.5 Å². The Kier molecular flexibility index (Phi) is 3.91. The Hall–Kier alpha value is -4.40. The molecule has 1 aromatic carbocycles. The van der Waals surface area contributed by atoms with Crippen LogP contribution in [0.25, 0.3) is 50.4 Å². The Labute approximate surface area is 181 Å². The van der Waals surface area contributed by atoms with E-state index in [-0.39, 0.29) is 5.82 Å². The molecule has 5 heterocycles. The number of fused-ring (bicyclic) bond motifs is 2. The second kappa shape index (κ2) is 6.81. The average molecular weight is 424 g/mol. The van der Waals surface area contributed by atoms with Gasteiger partial charge in [0.2, 0.25) is 0 Å². The lowest BCUT2D eigenvalue weighted by molar-refractivity contribution is 0.643. The largest absolute Gasteiger partial charge is 0.333 e. The van der Waals surface area contributed by atoms with Gasteiger partial charge in [-0.2, -0.15) is 5.10 Å². The summed E-state index contributed by atoms with van der Waals surface area (Å²) >= 11 is 0. The first-order chi connectivity index (χ1) is 15.6. The first kappa shape index (κ1) is 18.4. The highest BCUT2D eigenvalue weighted by atomic mass is 19.1. The fourth-order valence-electron chi connectivity index (χ4n) is 3.98. The van der Waals surface area contributed by atoms with E-state index >= 15 is 4.39 Å². The summed E-state index contributed by atoms with van der Waals surface area (Å²) in [6, 6.07) is 7.29. The number of nitrogens with zero attached hydrogens (tertiary/aromatic N) is 6. The van der Waals surface area contributed by atoms with E-state index < -0.39 is 0 Å². The number of halogens is 1. The molecule has 156 valence electrons. The van der Waals surface area contributed by atoms with Gasteiger partial charge in [0, 0.05) is 35.9 Å². The molecular formula is C23H17FN8. The molecule has 5 aromatic heterocycles. The van der Waals surface area contributed by atoms with Crippen molar-refractivity contribution in [3.63, 3.8) is 0 Å². The summed E-state index contributed by atoms with van der Waals surface area (Å²) in [6.45, 7) is 3.86. The van der Waals surface area contributed by atoms with Crippen molar-refractivity contribution in [1.29, 1.82) is 0 Å². The molecule has 0 aliphatic rings. The van der Waals surface area contributed by atoms with Gasteiger partial charge in [-0.25, -0.2) is 19.3 Å². The number of rotatable bonds is 3. The summed E-state index contributed by atoms with van der Waals surface area (Å²) in [7, 11) is 0. The average Bonchev–Trinajstić information content (AvgIpc) is 3.52. The molecule has 8 nitrogen and oxygen atoms in total. The van der Waals surface area contributed by atoms with Gasteiger partial charge in [-0.3, -0.25) is 10.1 Å². The molecule has 0 aliphatic carbocycles. The molecule has 6 aromatic rings. The highest BCUT2D eigenvalue weighted by Crippen LogP contribution is 2.35. The SMILES string of the molecule is Cc1cn(-c2ccnc3nc(-c4n[nH]c5ccc(-c6cnccc6C)c(F)c45)[nH]c23)cn1. The van der Waals surface area contributed by atoms with E-state index in [4.69, 9.17) is 0 Å². The summed E-state index contributed by atoms with van der Waals surface area (Å²) in [5.41, 5.74) is 6.10. The fraction of sp³-hybridized carbons (Fsp3) is 0.0870. The van der Waals surface area contributed by atoms with Gasteiger partial charge in [-0.15, -0.1) is 0 Å². The second-order valence-corrected chi connectivity index (χ2v) is 7.65. The zero-order valence-corrected chi connectivity index (χ0v) is 17.3. The Balaban J connectivity index is 1.56. The number of imidazole rings is 2.